The molecule has 0 unspecified atom stereocenters. The minimum absolute atomic E-state index is 0.0944. The molecule has 0 atom stereocenters. The Morgan fingerprint density at radius 3 is 2.80 bits per heavy atom. The first-order valence-electron chi connectivity index (χ1n) is 8.55. The quantitative estimate of drug-likeness (QED) is 0.424. The van der Waals surface area contributed by atoms with E-state index in [0.717, 1.165) is 24.8 Å². The number of allylic oxidation sites excluding steroid dienone is 1. The average Bonchev–Trinajstić information content (AvgIpc) is 2.66. The number of ether oxygens (including phenoxy) is 2. The molecular weight excluding hydrogens is 320 g/mol. The van der Waals surface area contributed by atoms with Crippen LogP contribution in [0.4, 0.5) is 0 Å². The normalized spacial score (nSPS) is 14.1. The first-order valence-corrected chi connectivity index (χ1v) is 8.55. The molecule has 1 aromatic carbocycles. The first-order chi connectivity index (χ1) is 12.2. The Morgan fingerprint density at radius 2 is 2.08 bits per heavy atom. The zero-order chi connectivity index (χ0) is 17.9. The van der Waals surface area contributed by atoms with E-state index in [2.05, 4.69) is 16.5 Å². The molecule has 0 saturated heterocycles. The summed E-state index contributed by atoms with van der Waals surface area (Å²) in [5, 5.41) is 6.66. The zero-order valence-electron chi connectivity index (χ0n) is 14.9. The van der Waals surface area contributed by atoms with E-state index in [1.807, 2.05) is 6.07 Å². The molecule has 6 nitrogen and oxygen atoms in total. The van der Waals surface area contributed by atoms with Gasteiger partial charge in [-0.3, -0.25) is 4.79 Å². The van der Waals surface area contributed by atoms with Crippen molar-refractivity contribution in [2.45, 2.75) is 32.1 Å². The zero-order valence-corrected chi connectivity index (χ0v) is 14.9. The Kier molecular flexibility index (Phi) is 7.82. The number of rotatable bonds is 9. The number of oxime groups is 1. The van der Waals surface area contributed by atoms with Gasteiger partial charge in [0.2, 0.25) is 0 Å². The molecule has 0 spiro atoms. The lowest BCUT2D eigenvalue weighted by molar-refractivity contribution is -0.125. The van der Waals surface area contributed by atoms with Crippen molar-refractivity contribution >= 4 is 12.1 Å². The molecule has 25 heavy (non-hydrogen) atoms. The van der Waals surface area contributed by atoms with Gasteiger partial charge in [-0.25, -0.2) is 0 Å². The van der Waals surface area contributed by atoms with E-state index in [-0.39, 0.29) is 12.5 Å². The smallest absolute Gasteiger partial charge is 0.260 e. The van der Waals surface area contributed by atoms with Crippen molar-refractivity contribution in [3.8, 4) is 11.5 Å². The van der Waals surface area contributed by atoms with Gasteiger partial charge in [0.05, 0.1) is 20.4 Å². The molecular formula is C19H26N2O4. The number of carbonyl (C=O) groups is 1. The number of nitrogens with zero attached hydrogens (tertiary/aromatic N) is 1. The lowest BCUT2D eigenvalue weighted by Crippen LogP contribution is -2.28. The number of benzene rings is 1. The summed E-state index contributed by atoms with van der Waals surface area (Å²) in [6, 6.07) is 5.39. The Bertz CT molecular complexity index is 626. The standard InChI is InChI=1S/C19H26N2O4/c1-23-17-9-8-16(12-18(17)24-2)13-21-25-14-19(22)20-11-10-15-6-4-3-5-7-15/h6,8-9,12-13H,3-5,7,10-11,14H2,1-2H3,(H,20,22)/b21-13+. The van der Waals surface area contributed by atoms with Crippen LogP contribution in [0.25, 0.3) is 0 Å². The predicted molar refractivity (Wildman–Crippen MR) is 97.3 cm³/mol. The first kappa shape index (κ1) is 18.8. The van der Waals surface area contributed by atoms with Gasteiger partial charge < -0.3 is 19.6 Å². The largest absolute Gasteiger partial charge is 0.493 e. The summed E-state index contributed by atoms with van der Waals surface area (Å²) in [7, 11) is 3.15. The number of amides is 1. The molecule has 1 aliphatic rings. The third-order valence-electron chi connectivity index (χ3n) is 4.03. The third-order valence-corrected chi connectivity index (χ3v) is 4.03. The second-order valence-electron chi connectivity index (χ2n) is 5.83. The van der Waals surface area contributed by atoms with E-state index in [1.54, 1.807) is 26.4 Å². The van der Waals surface area contributed by atoms with Gasteiger partial charge in [0.1, 0.15) is 0 Å². The van der Waals surface area contributed by atoms with Gasteiger partial charge in [0, 0.05) is 12.1 Å². The van der Waals surface area contributed by atoms with Crippen molar-refractivity contribution in [1.82, 2.24) is 5.32 Å². The molecule has 0 radical (unpaired) electrons. The van der Waals surface area contributed by atoms with Gasteiger partial charge >= 0.3 is 0 Å². The molecule has 1 aliphatic carbocycles. The Hall–Kier alpha value is -2.50. The predicted octanol–water partition coefficient (Wildman–Crippen LogP) is 3.06. The Balaban J connectivity index is 1.68. The van der Waals surface area contributed by atoms with Crippen molar-refractivity contribution < 1.29 is 19.1 Å². The van der Waals surface area contributed by atoms with Crippen molar-refractivity contribution in [3.05, 3.63) is 35.4 Å². The van der Waals surface area contributed by atoms with Gasteiger partial charge in [-0.2, -0.15) is 0 Å². The molecule has 1 N–H and O–H groups in total. The summed E-state index contributed by atoms with van der Waals surface area (Å²) in [4.78, 5) is 16.8. The number of methoxy groups -OCH3 is 2. The third kappa shape index (κ3) is 6.49. The molecule has 0 heterocycles. The molecule has 136 valence electrons. The highest BCUT2D eigenvalue weighted by atomic mass is 16.6. The van der Waals surface area contributed by atoms with Crippen molar-refractivity contribution in [2.75, 3.05) is 27.4 Å². The highest BCUT2D eigenvalue weighted by molar-refractivity contribution is 5.81. The summed E-state index contributed by atoms with van der Waals surface area (Å²) >= 11 is 0. The van der Waals surface area contributed by atoms with E-state index >= 15 is 0 Å². The van der Waals surface area contributed by atoms with Gasteiger partial charge in [-0.05, 0) is 50.3 Å². The van der Waals surface area contributed by atoms with Gasteiger partial charge in [0.25, 0.3) is 5.91 Å². The molecule has 1 amide bonds. The molecule has 2 rings (SSSR count). The summed E-state index contributed by atoms with van der Waals surface area (Å²) in [6.45, 7) is 0.552. The van der Waals surface area contributed by atoms with E-state index in [1.165, 1.54) is 24.6 Å². The molecule has 6 heteroatoms. The highest BCUT2D eigenvalue weighted by Crippen LogP contribution is 2.26. The van der Waals surface area contributed by atoms with Crippen LogP contribution in [0.1, 0.15) is 37.7 Å². The lowest BCUT2D eigenvalue weighted by atomic mass is 9.97. The molecule has 0 fully saturated rings. The number of nitrogens with one attached hydrogen (secondary N) is 1. The minimum Gasteiger partial charge on any atom is -0.493 e. The SMILES string of the molecule is COc1ccc(/C=N/OCC(=O)NCCC2=CCCCC2)cc1OC. The van der Waals surface area contributed by atoms with Crippen LogP contribution < -0.4 is 14.8 Å². The number of carbonyl (C=O) groups excluding carboxylic acids is 1. The fraction of sp³-hybridized carbons (Fsp3) is 0.474. The van der Waals surface area contributed by atoms with Crippen LogP contribution in [-0.2, 0) is 9.63 Å². The lowest BCUT2D eigenvalue weighted by Gasteiger charge is -2.12. The second-order valence-corrected chi connectivity index (χ2v) is 5.83. The number of hydrogen-bond donors (Lipinski definition) is 1. The highest BCUT2D eigenvalue weighted by Gasteiger charge is 2.06. The topological polar surface area (TPSA) is 69.2 Å². The molecule has 0 bridgehead atoms. The van der Waals surface area contributed by atoms with Crippen molar-refractivity contribution in [2.24, 2.45) is 5.16 Å². The van der Waals surface area contributed by atoms with Crippen LogP contribution in [0.3, 0.4) is 0 Å². The van der Waals surface area contributed by atoms with Crippen LogP contribution in [-0.4, -0.2) is 39.5 Å². The molecule has 0 saturated carbocycles. The van der Waals surface area contributed by atoms with E-state index in [4.69, 9.17) is 14.3 Å². The van der Waals surface area contributed by atoms with E-state index in [0.29, 0.717) is 18.0 Å². The molecule has 0 aromatic heterocycles. The van der Waals surface area contributed by atoms with E-state index < -0.39 is 0 Å². The summed E-state index contributed by atoms with van der Waals surface area (Å²) < 4.78 is 10.4. The van der Waals surface area contributed by atoms with E-state index in [9.17, 15) is 4.79 Å². The van der Waals surface area contributed by atoms with Gasteiger partial charge in [0.15, 0.2) is 18.1 Å². The second kappa shape index (κ2) is 10.4. The van der Waals surface area contributed by atoms with Crippen molar-refractivity contribution in [1.29, 1.82) is 0 Å². The van der Waals surface area contributed by atoms with Crippen LogP contribution >= 0.6 is 0 Å². The maximum absolute atomic E-state index is 11.7. The fourth-order valence-electron chi connectivity index (χ4n) is 2.67. The number of hydrogen-bond acceptors (Lipinski definition) is 5. The minimum atomic E-state index is -0.166. The fourth-order valence-corrected chi connectivity index (χ4v) is 2.67. The van der Waals surface area contributed by atoms with Gasteiger partial charge in [-0.15, -0.1) is 0 Å². The van der Waals surface area contributed by atoms with Crippen LogP contribution in [0.5, 0.6) is 11.5 Å². The summed E-state index contributed by atoms with van der Waals surface area (Å²) in [5.74, 6) is 1.09. The van der Waals surface area contributed by atoms with Crippen LogP contribution in [0.2, 0.25) is 0 Å². The Labute approximate surface area is 148 Å². The van der Waals surface area contributed by atoms with Crippen molar-refractivity contribution in [3.63, 3.8) is 0 Å². The Morgan fingerprint density at radius 1 is 1.24 bits per heavy atom. The molecule has 1 aromatic rings. The maximum Gasteiger partial charge on any atom is 0.260 e. The maximum atomic E-state index is 11.7. The van der Waals surface area contributed by atoms with Crippen LogP contribution in [0.15, 0.2) is 35.0 Å². The van der Waals surface area contributed by atoms with Gasteiger partial charge in [-0.1, -0.05) is 16.8 Å². The average molecular weight is 346 g/mol. The van der Waals surface area contributed by atoms with Crippen LogP contribution in [0, 0.1) is 0 Å². The monoisotopic (exact) mass is 346 g/mol. The molecule has 0 aliphatic heterocycles. The summed E-state index contributed by atoms with van der Waals surface area (Å²) in [6.07, 6.45) is 9.59. The summed E-state index contributed by atoms with van der Waals surface area (Å²) in [5.41, 5.74) is 2.24.